The summed E-state index contributed by atoms with van der Waals surface area (Å²) in [7, 11) is 0. The first-order valence-corrected chi connectivity index (χ1v) is 8.89. The van der Waals surface area contributed by atoms with Crippen LogP contribution in [0.4, 0.5) is 5.69 Å². The van der Waals surface area contributed by atoms with Gasteiger partial charge in [0.25, 0.3) is 17.5 Å². The fraction of sp³-hybridized carbons (Fsp3) is 0.389. The van der Waals surface area contributed by atoms with Gasteiger partial charge in [0.1, 0.15) is 5.02 Å². The van der Waals surface area contributed by atoms with Gasteiger partial charge in [-0.1, -0.05) is 29.8 Å². The average Bonchev–Trinajstić information content (AvgIpc) is 3.40. The number of allylic oxidation sites excluding steroid dienone is 2. The van der Waals surface area contributed by atoms with Gasteiger partial charge in [-0.2, -0.15) is 10.1 Å². The highest BCUT2D eigenvalue weighted by Gasteiger charge is 2.67. The molecule has 132 valence electrons. The molecule has 1 heterocycles. The van der Waals surface area contributed by atoms with Crippen LogP contribution in [0.25, 0.3) is 0 Å². The second kappa shape index (κ2) is 5.23. The van der Waals surface area contributed by atoms with Gasteiger partial charge in [0.05, 0.1) is 23.0 Å². The molecular formula is C18H14ClN3O4. The fourth-order valence-electron chi connectivity index (χ4n) is 4.93. The molecule has 0 radical (unpaired) electrons. The van der Waals surface area contributed by atoms with E-state index in [1.807, 2.05) is 0 Å². The number of hydrogen-bond donors (Lipinski definition) is 0. The Morgan fingerprint density at radius 1 is 1.15 bits per heavy atom. The predicted molar refractivity (Wildman–Crippen MR) is 92.3 cm³/mol. The molecule has 0 aromatic heterocycles. The molecule has 6 rings (SSSR count). The summed E-state index contributed by atoms with van der Waals surface area (Å²) in [6.07, 6.45) is 6.60. The van der Waals surface area contributed by atoms with Crippen molar-refractivity contribution in [3.63, 3.8) is 0 Å². The lowest BCUT2D eigenvalue weighted by molar-refractivity contribution is -0.384. The molecular weight excluding hydrogens is 358 g/mol. The van der Waals surface area contributed by atoms with Gasteiger partial charge >= 0.3 is 0 Å². The Kier molecular flexibility index (Phi) is 3.16. The van der Waals surface area contributed by atoms with Crippen molar-refractivity contribution in [2.45, 2.75) is 6.42 Å². The van der Waals surface area contributed by atoms with E-state index in [9.17, 15) is 19.7 Å². The van der Waals surface area contributed by atoms with Gasteiger partial charge < -0.3 is 0 Å². The Balaban J connectivity index is 1.43. The lowest BCUT2D eigenvalue weighted by atomic mass is 9.63. The first-order chi connectivity index (χ1) is 12.5. The van der Waals surface area contributed by atoms with Crippen LogP contribution >= 0.6 is 11.6 Å². The van der Waals surface area contributed by atoms with Gasteiger partial charge in [-0.3, -0.25) is 19.7 Å². The van der Waals surface area contributed by atoms with Crippen molar-refractivity contribution in [3.05, 3.63) is 51.1 Å². The topological polar surface area (TPSA) is 92.9 Å². The minimum atomic E-state index is -0.587. The van der Waals surface area contributed by atoms with E-state index >= 15 is 0 Å². The molecule has 4 aliphatic carbocycles. The summed E-state index contributed by atoms with van der Waals surface area (Å²) in [5, 5.41) is 16.0. The maximum absolute atomic E-state index is 12.8. The molecule has 26 heavy (non-hydrogen) atoms. The highest BCUT2D eigenvalue weighted by atomic mass is 35.5. The smallest absolute Gasteiger partial charge is 0.272 e. The largest absolute Gasteiger partial charge is 0.288 e. The monoisotopic (exact) mass is 371 g/mol. The Bertz CT molecular complexity index is 891. The number of imide groups is 1. The first-order valence-electron chi connectivity index (χ1n) is 8.51. The molecule has 2 amide bonds. The molecule has 5 aliphatic rings. The number of halogens is 1. The van der Waals surface area contributed by atoms with E-state index in [1.54, 1.807) is 6.07 Å². The van der Waals surface area contributed by atoms with Crippen LogP contribution in [-0.2, 0) is 9.59 Å². The van der Waals surface area contributed by atoms with Crippen LogP contribution in [0, 0.1) is 45.6 Å². The lowest BCUT2D eigenvalue weighted by Gasteiger charge is -2.37. The quantitative estimate of drug-likeness (QED) is 0.268. The number of carbonyl (C=O) groups is 2. The second-order valence-corrected chi connectivity index (χ2v) is 7.76. The van der Waals surface area contributed by atoms with Crippen LogP contribution in [0.5, 0.6) is 0 Å². The van der Waals surface area contributed by atoms with Crippen LogP contribution in [0.15, 0.2) is 35.5 Å². The van der Waals surface area contributed by atoms with Gasteiger partial charge in [-0.25, -0.2) is 0 Å². The summed E-state index contributed by atoms with van der Waals surface area (Å²) >= 11 is 5.79. The zero-order valence-corrected chi connectivity index (χ0v) is 14.2. The molecule has 0 spiro atoms. The van der Waals surface area contributed by atoms with E-state index in [4.69, 9.17) is 11.6 Å². The number of hydrogen-bond acceptors (Lipinski definition) is 5. The summed E-state index contributed by atoms with van der Waals surface area (Å²) in [6.45, 7) is 0. The van der Waals surface area contributed by atoms with E-state index in [0.29, 0.717) is 17.4 Å². The minimum Gasteiger partial charge on any atom is -0.272 e. The number of amides is 2. The highest BCUT2D eigenvalue weighted by Crippen LogP contribution is 2.65. The van der Waals surface area contributed by atoms with Crippen LogP contribution in [0.3, 0.4) is 0 Å². The molecule has 2 bridgehead atoms. The fourth-order valence-corrected chi connectivity index (χ4v) is 5.12. The van der Waals surface area contributed by atoms with Gasteiger partial charge in [0.15, 0.2) is 0 Å². The minimum absolute atomic E-state index is 0.0216. The third-order valence-electron chi connectivity index (χ3n) is 6.13. The van der Waals surface area contributed by atoms with E-state index in [-0.39, 0.29) is 46.2 Å². The summed E-state index contributed by atoms with van der Waals surface area (Å²) < 4.78 is 0. The van der Waals surface area contributed by atoms with Gasteiger partial charge in [0.2, 0.25) is 0 Å². The number of benzene rings is 1. The SMILES string of the molecule is O=C1[C@@H]2[C@H]3C=C[C@@H]([C@@H]4C[C@@H]34)[C@@H]2C(=O)N1/N=C\c1ccc(Cl)c([N+](=O)[O-])c1. The number of nitro benzene ring substituents is 1. The van der Waals surface area contributed by atoms with E-state index in [0.717, 1.165) is 11.4 Å². The summed E-state index contributed by atoms with van der Waals surface area (Å²) in [5.41, 5.74) is 0.159. The van der Waals surface area contributed by atoms with Crippen LogP contribution in [-0.4, -0.2) is 28.0 Å². The van der Waals surface area contributed by atoms with Crippen LogP contribution in [0.1, 0.15) is 12.0 Å². The molecule has 7 nitrogen and oxygen atoms in total. The summed E-state index contributed by atoms with van der Waals surface area (Å²) in [5.74, 6) is 0.216. The molecule has 3 fully saturated rings. The number of nitro groups is 1. The number of rotatable bonds is 3. The Hall–Kier alpha value is -2.54. The number of carbonyl (C=O) groups excluding carboxylic acids is 2. The van der Waals surface area contributed by atoms with E-state index in [2.05, 4.69) is 17.3 Å². The van der Waals surface area contributed by atoms with Crippen molar-refractivity contribution in [1.29, 1.82) is 0 Å². The molecule has 1 aromatic rings. The summed E-state index contributed by atoms with van der Waals surface area (Å²) in [6, 6.07) is 4.22. The zero-order chi connectivity index (χ0) is 18.2. The van der Waals surface area contributed by atoms with Crippen molar-refractivity contribution in [3.8, 4) is 0 Å². The van der Waals surface area contributed by atoms with Crippen molar-refractivity contribution in [1.82, 2.24) is 5.01 Å². The Labute approximate surface area is 153 Å². The van der Waals surface area contributed by atoms with Crippen LogP contribution < -0.4 is 0 Å². The molecule has 0 unspecified atom stereocenters. The third kappa shape index (κ3) is 2.03. The highest BCUT2D eigenvalue weighted by molar-refractivity contribution is 6.32. The third-order valence-corrected chi connectivity index (χ3v) is 6.45. The predicted octanol–water partition coefficient (Wildman–Crippen LogP) is 2.64. The van der Waals surface area contributed by atoms with Gasteiger partial charge in [-0.15, -0.1) is 0 Å². The van der Waals surface area contributed by atoms with Crippen molar-refractivity contribution < 1.29 is 14.5 Å². The van der Waals surface area contributed by atoms with Crippen LogP contribution in [0.2, 0.25) is 5.02 Å². The normalized spacial score (nSPS) is 36.6. The van der Waals surface area contributed by atoms with E-state index < -0.39 is 4.92 Å². The second-order valence-electron chi connectivity index (χ2n) is 7.36. The standard InChI is InChI=1S/C18H14ClN3O4/c19-13-4-1-8(5-14(13)22(25)26)7-20-21-17(23)15-9-2-3-10(12-6-11(9)12)16(15)18(21)24/h1-5,7,9-12,15-16H,6H2/b20-7-/t9-,10-,11-,12-,15-,16+/m0/s1. The van der Waals surface area contributed by atoms with Gasteiger partial charge in [0, 0.05) is 11.6 Å². The molecule has 1 saturated heterocycles. The zero-order valence-electron chi connectivity index (χ0n) is 13.5. The number of hydrazone groups is 1. The Morgan fingerprint density at radius 3 is 2.35 bits per heavy atom. The first kappa shape index (κ1) is 15.7. The van der Waals surface area contributed by atoms with Crippen molar-refractivity contribution >= 4 is 35.3 Å². The maximum atomic E-state index is 12.8. The number of nitrogens with zero attached hydrogens (tertiary/aromatic N) is 3. The van der Waals surface area contributed by atoms with E-state index in [1.165, 1.54) is 18.3 Å². The molecule has 2 saturated carbocycles. The molecule has 8 heteroatoms. The molecule has 0 N–H and O–H groups in total. The Morgan fingerprint density at radius 2 is 1.77 bits per heavy atom. The summed E-state index contributed by atoms with van der Waals surface area (Å²) in [4.78, 5) is 36.0. The molecule has 1 aliphatic heterocycles. The molecule has 6 atom stereocenters. The lowest BCUT2D eigenvalue weighted by Crippen LogP contribution is -2.40. The average molecular weight is 372 g/mol. The van der Waals surface area contributed by atoms with Crippen molar-refractivity contribution in [2.24, 2.45) is 40.6 Å². The molecule has 1 aromatic carbocycles. The van der Waals surface area contributed by atoms with Gasteiger partial charge in [-0.05, 0) is 36.2 Å². The maximum Gasteiger partial charge on any atom is 0.288 e. The van der Waals surface area contributed by atoms with Crippen molar-refractivity contribution in [2.75, 3.05) is 0 Å².